The van der Waals surface area contributed by atoms with Crippen molar-refractivity contribution < 1.29 is 0 Å². The Bertz CT molecular complexity index is 250. The van der Waals surface area contributed by atoms with Crippen molar-refractivity contribution >= 4 is 17.7 Å². The molecule has 0 unspecified atom stereocenters. The third-order valence-corrected chi connectivity index (χ3v) is 2.63. The number of rotatable bonds is 7. The normalized spacial score (nSPS) is 10.4. The quantitative estimate of drug-likeness (QED) is 0.692. The second-order valence-electron chi connectivity index (χ2n) is 3.11. The Hall–Kier alpha value is -0.780. The van der Waals surface area contributed by atoms with Gasteiger partial charge in [0.15, 0.2) is 0 Å². The standard InChI is InChI=1S/C8H17N5S/c1-13-8(10-11-12-13)9-6-4-3-5-7-14-2/h3-7H2,1-2H3,(H,9,10,12). The lowest BCUT2D eigenvalue weighted by molar-refractivity contribution is 0.704. The summed E-state index contributed by atoms with van der Waals surface area (Å²) in [5.74, 6) is 2.00. The van der Waals surface area contributed by atoms with Crippen LogP contribution in [0.3, 0.4) is 0 Å². The predicted molar refractivity (Wildman–Crippen MR) is 59.5 cm³/mol. The fourth-order valence-corrected chi connectivity index (χ4v) is 1.62. The largest absolute Gasteiger partial charge is 0.353 e. The maximum Gasteiger partial charge on any atom is 0.242 e. The SMILES string of the molecule is CSCCCCCNc1nnnn1C. The summed E-state index contributed by atoms with van der Waals surface area (Å²) in [6, 6.07) is 0. The number of hydrogen-bond acceptors (Lipinski definition) is 5. The van der Waals surface area contributed by atoms with Gasteiger partial charge in [-0.1, -0.05) is 11.5 Å². The van der Waals surface area contributed by atoms with Gasteiger partial charge in [-0.2, -0.15) is 11.8 Å². The smallest absolute Gasteiger partial charge is 0.242 e. The van der Waals surface area contributed by atoms with Crippen LogP contribution in [0.5, 0.6) is 0 Å². The molecule has 0 spiro atoms. The maximum atomic E-state index is 3.84. The molecule has 0 aliphatic heterocycles. The van der Waals surface area contributed by atoms with Crippen LogP contribution in [0.2, 0.25) is 0 Å². The molecular weight excluding hydrogens is 198 g/mol. The van der Waals surface area contributed by atoms with Crippen molar-refractivity contribution in [2.45, 2.75) is 19.3 Å². The predicted octanol–water partition coefficient (Wildman–Crippen LogP) is 1.16. The van der Waals surface area contributed by atoms with Crippen LogP contribution < -0.4 is 5.32 Å². The second-order valence-corrected chi connectivity index (χ2v) is 4.09. The van der Waals surface area contributed by atoms with E-state index in [9.17, 15) is 0 Å². The van der Waals surface area contributed by atoms with E-state index in [4.69, 9.17) is 0 Å². The highest BCUT2D eigenvalue weighted by atomic mass is 32.2. The highest BCUT2D eigenvalue weighted by Crippen LogP contribution is 2.03. The molecule has 0 aliphatic rings. The second kappa shape index (κ2) is 6.64. The zero-order valence-corrected chi connectivity index (χ0v) is 9.55. The van der Waals surface area contributed by atoms with Gasteiger partial charge in [-0.3, -0.25) is 0 Å². The lowest BCUT2D eigenvalue weighted by Crippen LogP contribution is -2.07. The molecule has 0 aliphatic carbocycles. The Balaban J connectivity index is 2.02. The van der Waals surface area contributed by atoms with Crippen molar-refractivity contribution in [1.82, 2.24) is 20.2 Å². The summed E-state index contributed by atoms with van der Waals surface area (Å²) < 4.78 is 1.64. The molecule has 80 valence electrons. The van der Waals surface area contributed by atoms with Gasteiger partial charge in [-0.05, 0) is 35.3 Å². The van der Waals surface area contributed by atoms with Gasteiger partial charge >= 0.3 is 0 Å². The number of tetrazole rings is 1. The Morgan fingerprint density at radius 3 is 2.86 bits per heavy atom. The van der Waals surface area contributed by atoms with E-state index in [1.165, 1.54) is 25.0 Å². The molecule has 0 saturated carbocycles. The molecule has 1 heterocycles. The maximum absolute atomic E-state index is 3.84. The molecule has 1 aromatic rings. The van der Waals surface area contributed by atoms with Crippen LogP contribution in [0.4, 0.5) is 5.95 Å². The van der Waals surface area contributed by atoms with Crippen molar-refractivity contribution in [3.8, 4) is 0 Å². The van der Waals surface area contributed by atoms with Gasteiger partial charge in [0.05, 0.1) is 0 Å². The summed E-state index contributed by atoms with van der Waals surface area (Å²) in [5.41, 5.74) is 0. The van der Waals surface area contributed by atoms with Crippen LogP contribution in [0.15, 0.2) is 0 Å². The first kappa shape index (κ1) is 11.3. The minimum absolute atomic E-state index is 0.745. The minimum Gasteiger partial charge on any atom is -0.353 e. The Kier molecular flexibility index (Phi) is 5.36. The number of nitrogens with one attached hydrogen (secondary N) is 1. The van der Waals surface area contributed by atoms with Gasteiger partial charge in [0.25, 0.3) is 0 Å². The molecule has 0 bridgehead atoms. The Morgan fingerprint density at radius 1 is 1.36 bits per heavy atom. The number of hydrogen-bond donors (Lipinski definition) is 1. The van der Waals surface area contributed by atoms with E-state index < -0.39 is 0 Å². The first-order valence-corrected chi connectivity index (χ1v) is 6.19. The van der Waals surface area contributed by atoms with Crippen LogP contribution in [0.25, 0.3) is 0 Å². The monoisotopic (exact) mass is 215 g/mol. The van der Waals surface area contributed by atoms with E-state index in [0.29, 0.717) is 0 Å². The average molecular weight is 215 g/mol. The van der Waals surface area contributed by atoms with E-state index in [0.717, 1.165) is 12.5 Å². The third-order valence-electron chi connectivity index (χ3n) is 1.93. The average Bonchev–Trinajstić information content (AvgIpc) is 2.58. The van der Waals surface area contributed by atoms with Gasteiger partial charge in [0.1, 0.15) is 0 Å². The zero-order valence-electron chi connectivity index (χ0n) is 8.73. The van der Waals surface area contributed by atoms with Crippen LogP contribution in [-0.4, -0.2) is 38.8 Å². The van der Waals surface area contributed by atoms with Crippen LogP contribution in [0, 0.1) is 0 Å². The first-order valence-electron chi connectivity index (χ1n) is 4.79. The van der Waals surface area contributed by atoms with Gasteiger partial charge in [-0.15, -0.1) is 0 Å². The zero-order chi connectivity index (χ0) is 10.2. The number of thioether (sulfide) groups is 1. The topological polar surface area (TPSA) is 55.6 Å². The van der Waals surface area contributed by atoms with Gasteiger partial charge in [0, 0.05) is 13.6 Å². The van der Waals surface area contributed by atoms with E-state index >= 15 is 0 Å². The first-order chi connectivity index (χ1) is 6.84. The molecule has 0 fully saturated rings. The lowest BCUT2D eigenvalue weighted by atomic mass is 10.2. The van der Waals surface area contributed by atoms with Crippen molar-refractivity contribution in [3.05, 3.63) is 0 Å². The molecular formula is C8H17N5S. The molecule has 0 atom stereocenters. The molecule has 1 aromatic heterocycles. The van der Waals surface area contributed by atoms with Crippen molar-refractivity contribution in [1.29, 1.82) is 0 Å². The van der Waals surface area contributed by atoms with E-state index in [1.54, 1.807) is 4.68 Å². The third kappa shape index (κ3) is 3.95. The van der Waals surface area contributed by atoms with E-state index in [2.05, 4.69) is 27.1 Å². The molecule has 1 N–H and O–H groups in total. The number of anilines is 1. The van der Waals surface area contributed by atoms with Crippen molar-refractivity contribution in [3.63, 3.8) is 0 Å². The summed E-state index contributed by atoms with van der Waals surface area (Å²) in [7, 11) is 1.83. The van der Waals surface area contributed by atoms with Crippen molar-refractivity contribution in [2.24, 2.45) is 7.05 Å². The molecule has 14 heavy (non-hydrogen) atoms. The van der Waals surface area contributed by atoms with Crippen molar-refractivity contribution in [2.75, 3.05) is 23.9 Å². The highest BCUT2D eigenvalue weighted by molar-refractivity contribution is 7.98. The molecule has 6 heteroatoms. The van der Waals surface area contributed by atoms with E-state index in [1.807, 2.05) is 18.8 Å². The number of aryl methyl sites for hydroxylation is 1. The Morgan fingerprint density at radius 2 is 2.21 bits per heavy atom. The fraction of sp³-hybridized carbons (Fsp3) is 0.875. The van der Waals surface area contributed by atoms with Crippen LogP contribution in [0.1, 0.15) is 19.3 Å². The van der Waals surface area contributed by atoms with Crippen LogP contribution in [-0.2, 0) is 7.05 Å². The lowest BCUT2D eigenvalue weighted by Gasteiger charge is -2.03. The van der Waals surface area contributed by atoms with E-state index in [-0.39, 0.29) is 0 Å². The summed E-state index contributed by atoms with van der Waals surface area (Å²) in [5, 5.41) is 14.3. The fourth-order valence-electron chi connectivity index (χ4n) is 1.13. The summed E-state index contributed by atoms with van der Waals surface area (Å²) in [6.07, 6.45) is 5.87. The molecule has 1 rings (SSSR count). The number of nitrogens with zero attached hydrogens (tertiary/aromatic N) is 4. The highest BCUT2D eigenvalue weighted by Gasteiger charge is 1.98. The summed E-state index contributed by atoms with van der Waals surface area (Å²) in [6.45, 7) is 0.947. The molecule has 0 radical (unpaired) electrons. The number of aromatic nitrogens is 4. The summed E-state index contributed by atoms with van der Waals surface area (Å²) in [4.78, 5) is 0. The Labute approximate surface area is 88.6 Å². The van der Waals surface area contributed by atoms with Crippen LogP contribution >= 0.6 is 11.8 Å². The molecule has 5 nitrogen and oxygen atoms in total. The summed E-state index contributed by atoms with van der Waals surface area (Å²) >= 11 is 1.90. The van der Waals surface area contributed by atoms with Gasteiger partial charge in [-0.25, -0.2) is 4.68 Å². The molecule has 0 aromatic carbocycles. The van der Waals surface area contributed by atoms with Gasteiger partial charge < -0.3 is 5.32 Å². The molecule has 0 amide bonds. The van der Waals surface area contributed by atoms with Gasteiger partial charge in [0.2, 0.25) is 5.95 Å². The number of unbranched alkanes of at least 4 members (excludes halogenated alkanes) is 2. The minimum atomic E-state index is 0.745. The molecule has 0 saturated heterocycles.